The van der Waals surface area contributed by atoms with E-state index in [1.54, 1.807) is 24.3 Å². The van der Waals surface area contributed by atoms with Gasteiger partial charge in [0.1, 0.15) is 5.58 Å². The molecule has 0 radical (unpaired) electrons. The molecule has 3 saturated heterocycles. The SMILES string of the molecule is C1CN2CCC1CC2.NC(=O)c1cc2cc(Cl)ccc2o1. The predicted molar refractivity (Wildman–Crippen MR) is 83.5 cm³/mol. The Kier molecular flexibility index (Phi) is 4.17. The van der Waals surface area contributed by atoms with Gasteiger partial charge in [-0.3, -0.25) is 4.79 Å². The fourth-order valence-electron chi connectivity index (χ4n) is 3.00. The van der Waals surface area contributed by atoms with Gasteiger partial charge in [-0.2, -0.15) is 0 Å². The molecule has 2 bridgehead atoms. The van der Waals surface area contributed by atoms with Crippen LogP contribution in [0.2, 0.25) is 5.02 Å². The number of carbonyl (C=O) groups excluding carboxylic acids is 1. The summed E-state index contributed by atoms with van der Waals surface area (Å²) in [5.41, 5.74) is 5.66. The Bertz CT molecular complexity index is 622. The fourth-order valence-corrected chi connectivity index (χ4v) is 3.18. The standard InChI is InChI=1S/C9H6ClNO2.C7H13N/c10-6-1-2-7-5(3-6)4-8(13-7)9(11)12;1-4-8-5-2-7(1)3-6-8/h1-4H,(H2,11,12);7H,1-6H2. The highest BCUT2D eigenvalue weighted by Gasteiger charge is 2.24. The van der Waals surface area contributed by atoms with E-state index in [2.05, 4.69) is 4.90 Å². The van der Waals surface area contributed by atoms with Crippen molar-refractivity contribution in [3.05, 3.63) is 35.0 Å². The van der Waals surface area contributed by atoms with E-state index in [1.165, 1.54) is 38.9 Å². The second-order valence-electron chi connectivity index (χ2n) is 5.73. The number of rotatable bonds is 1. The quantitative estimate of drug-likeness (QED) is 0.879. The molecule has 0 aliphatic carbocycles. The number of amides is 1. The van der Waals surface area contributed by atoms with Crippen LogP contribution in [0.15, 0.2) is 28.7 Å². The second kappa shape index (κ2) is 6.08. The largest absolute Gasteiger partial charge is 0.451 e. The Balaban J connectivity index is 0.000000140. The van der Waals surface area contributed by atoms with Crippen molar-refractivity contribution in [2.75, 3.05) is 19.6 Å². The minimum Gasteiger partial charge on any atom is -0.451 e. The summed E-state index contributed by atoms with van der Waals surface area (Å²) in [5.74, 6) is 0.685. The summed E-state index contributed by atoms with van der Waals surface area (Å²) in [6, 6.07) is 6.68. The number of hydrogen-bond acceptors (Lipinski definition) is 3. The van der Waals surface area contributed by atoms with E-state index < -0.39 is 5.91 Å². The molecular formula is C16H19ClN2O2. The zero-order valence-corrected chi connectivity index (χ0v) is 12.6. The Labute approximate surface area is 128 Å². The van der Waals surface area contributed by atoms with Crippen LogP contribution in [-0.2, 0) is 0 Å². The maximum Gasteiger partial charge on any atom is 0.284 e. The van der Waals surface area contributed by atoms with Gasteiger partial charge in [-0.05, 0) is 69.1 Å². The van der Waals surface area contributed by atoms with Gasteiger partial charge in [-0.25, -0.2) is 0 Å². The van der Waals surface area contributed by atoms with Gasteiger partial charge in [0.05, 0.1) is 0 Å². The Morgan fingerprint density at radius 1 is 1.19 bits per heavy atom. The first kappa shape index (κ1) is 14.4. The van der Waals surface area contributed by atoms with Gasteiger partial charge in [-0.1, -0.05) is 11.6 Å². The van der Waals surface area contributed by atoms with Gasteiger partial charge in [0, 0.05) is 10.4 Å². The summed E-state index contributed by atoms with van der Waals surface area (Å²) in [6.07, 6.45) is 4.46. The molecule has 3 fully saturated rings. The molecule has 5 rings (SSSR count). The summed E-state index contributed by atoms with van der Waals surface area (Å²) in [4.78, 5) is 13.3. The monoisotopic (exact) mass is 306 g/mol. The molecule has 5 heteroatoms. The summed E-state index contributed by atoms with van der Waals surface area (Å²) < 4.78 is 5.15. The first-order valence-corrected chi connectivity index (χ1v) is 7.71. The van der Waals surface area contributed by atoms with Crippen LogP contribution in [0.25, 0.3) is 11.0 Å². The summed E-state index contributed by atoms with van der Waals surface area (Å²) in [5, 5.41) is 1.38. The highest BCUT2D eigenvalue weighted by atomic mass is 35.5. The molecule has 0 atom stereocenters. The van der Waals surface area contributed by atoms with Crippen LogP contribution < -0.4 is 5.73 Å². The van der Waals surface area contributed by atoms with Crippen molar-refractivity contribution >= 4 is 28.5 Å². The molecule has 1 amide bonds. The van der Waals surface area contributed by atoms with Crippen LogP contribution in [0.4, 0.5) is 0 Å². The predicted octanol–water partition coefficient (Wildman–Crippen LogP) is 3.29. The van der Waals surface area contributed by atoms with Crippen LogP contribution in [0.1, 0.15) is 29.8 Å². The van der Waals surface area contributed by atoms with Crippen LogP contribution in [0.3, 0.4) is 0 Å². The number of nitrogens with two attached hydrogens (primary N) is 1. The van der Waals surface area contributed by atoms with Crippen molar-refractivity contribution in [1.82, 2.24) is 4.90 Å². The molecule has 21 heavy (non-hydrogen) atoms. The lowest BCUT2D eigenvalue weighted by atomic mass is 9.89. The molecule has 1 aromatic carbocycles. The first-order valence-electron chi connectivity index (χ1n) is 7.33. The lowest BCUT2D eigenvalue weighted by Gasteiger charge is -2.38. The number of hydrogen-bond donors (Lipinski definition) is 1. The molecule has 0 unspecified atom stereocenters. The molecular weight excluding hydrogens is 288 g/mol. The molecule has 2 aromatic rings. The third kappa shape index (κ3) is 3.39. The van der Waals surface area contributed by atoms with E-state index in [0.717, 1.165) is 11.3 Å². The molecule has 4 nitrogen and oxygen atoms in total. The maximum absolute atomic E-state index is 10.8. The number of benzene rings is 1. The topological polar surface area (TPSA) is 59.5 Å². The number of primary amides is 1. The average molecular weight is 307 g/mol. The number of nitrogens with zero attached hydrogens (tertiary/aromatic N) is 1. The van der Waals surface area contributed by atoms with Gasteiger partial charge in [0.25, 0.3) is 5.91 Å². The van der Waals surface area contributed by atoms with Crippen molar-refractivity contribution in [2.24, 2.45) is 11.7 Å². The van der Waals surface area contributed by atoms with Crippen molar-refractivity contribution in [3.63, 3.8) is 0 Å². The summed E-state index contributed by atoms with van der Waals surface area (Å²) in [7, 11) is 0. The number of fused-ring (bicyclic) bond motifs is 4. The third-order valence-electron chi connectivity index (χ3n) is 4.28. The van der Waals surface area contributed by atoms with E-state index >= 15 is 0 Å². The van der Waals surface area contributed by atoms with E-state index in [4.69, 9.17) is 21.8 Å². The smallest absolute Gasteiger partial charge is 0.284 e. The van der Waals surface area contributed by atoms with Gasteiger partial charge >= 0.3 is 0 Å². The Morgan fingerprint density at radius 2 is 1.86 bits per heavy atom. The van der Waals surface area contributed by atoms with E-state index in [-0.39, 0.29) is 5.76 Å². The minimum atomic E-state index is -0.577. The maximum atomic E-state index is 10.8. The van der Waals surface area contributed by atoms with Crippen molar-refractivity contribution in [3.8, 4) is 0 Å². The fraction of sp³-hybridized carbons (Fsp3) is 0.438. The summed E-state index contributed by atoms with van der Waals surface area (Å²) in [6.45, 7) is 4.18. The van der Waals surface area contributed by atoms with Crippen LogP contribution in [-0.4, -0.2) is 30.4 Å². The molecule has 3 aliphatic rings. The lowest BCUT2D eigenvalue weighted by molar-refractivity contribution is 0.0976. The highest BCUT2D eigenvalue weighted by molar-refractivity contribution is 6.31. The van der Waals surface area contributed by atoms with Crippen molar-refractivity contribution in [1.29, 1.82) is 0 Å². The number of furan rings is 1. The van der Waals surface area contributed by atoms with Crippen LogP contribution in [0.5, 0.6) is 0 Å². The van der Waals surface area contributed by atoms with E-state index in [0.29, 0.717) is 10.6 Å². The second-order valence-corrected chi connectivity index (χ2v) is 6.17. The molecule has 112 valence electrons. The van der Waals surface area contributed by atoms with E-state index in [1.807, 2.05) is 0 Å². The zero-order chi connectivity index (χ0) is 14.8. The lowest BCUT2D eigenvalue weighted by Crippen LogP contribution is -2.41. The Hall–Kier alpha value is -1.52. The molecule has 4 heterocycles. The zero-order valence-electron chi connectivity index (χ0n) is 11.8. The normalized spacial score (nSPS) is 23.7. The van der Waals surface area contributed by atoms with E-state index in [9.17, 15) is 4.79 Å². The van der Waals surface area contributed by atoms with Crippen LogP contribution in [0, 0.1) is 5.92 Å². The van der Waals surface area contributed by atoms with Gasteiger partial charge in [-0.15, -0.1) is 0 Å². The van der Waals surface area contributed by atoms with Gasteiger partial charge < -0.3 is 15.1 Å². The molecule has 3 aliphatic heterocycles. The molecule has 2 N–H and O–H groups in total. The number of carbonyl (C=O) groups is 1. The third-order valence-corrected chi connectivity index (χ3v) is 4.52. The Morgan fingerprint density at radius 3 is 2.33 bits per heavy atom. The molecule has 0 spiro atoms. The van der Waals surface area contributed by atoms with Gasteiger partial charge in [0.2, 0.25) is 0 Å². The summed E-state index contributed by atoms with van der Waals surface area (Å²) >= 11 is 5.75. The highest BCUT2D eigenvalue weighted by Crippen LogP contribution is 2.26. The average Bonchev–Trinajstić information content (AvgIpc) is 2.93. The number of piperidine rings is 3. The molecule has 0 saturated carbocycles. The van der Waals surface area contributed by atoms with Crippen molar-refractivity contribution < 1.29 is 9.21 Å². The minimum absolute atomic E-state index is 0.150. The van der Waals surface area contributed by atoms with Crippen LogP contribution >= 0.6 is 11.6 Å². The van der Waals surface area contributed by atoms with Gasteiger partial charge in [0.15, 0.2) is 5.76 Å². The first-order chi connectivity index (χ1) is 10.1. The molecule has 1 aromatic heterocycles. The number of halogens is 1. The van der Waals surface area contributed by atoms with Crippen molar-refractivity contribution in [2.45, 2.75) is 19.3 Å².